The largest absolute Gasteiger partial charge is 0.394 e. The Kier molecular flexibility index (Phi) is 4.78. The molecule has 0 fully saturated rings. The minimum Gasteiger partial charge on any atom is -0.394 e. The number of aliphatic hydroxyl groups is 1. The first-order chi connectivity index (χ1) is 12.0. The fraction of sp³-hybridized carbons (Fsp3) is 0.118. The Balaban J connectivity index is 1.86. The van der Waals surface area contributed by atoms with Crippen molar-refractivity contribution in [1.82, 2.24) is 4.98 Å². The van der Waals surface area contributed by atoms with Crippen molar-refractivity contribution < 1.29 is 9.50 Å². The lowest BCUT2D eigenvalue weighted by molar-refractivity contribution is 0.276. The molecule has 1 atom stereocenters. The van der Waals surface area contributed by atoms with E-state index in [1.807, 2.05) is 0 Å². The third kappa shape index (κ3) is 3.38. The van der Waals surface area contributed by atoms with Crippen LogP contribution in [0, 0.1) is 5.82 Å². The van der Waals surface area contributed by atoms with E-state index in [-0.39, 0.29) is 23.0 Å². The monoisotopic (exact) mass is 361 g/mol. The summed E-state index contributed by atoms with van der Waals surface area (Å²) in [5.74, 6) is -0.587. The van der Waals surface area contributed by atoms with Crippen LogP contribution in [-0.4, -0.2) is 16.7 Å². The minimum atomic E-state index is -0.723. The molecule has 3 N–H and O–H groups in total. The quantitative estimate of drug-likeness (QED) is 0.584. The van der Waals surface area contributed by atoms with Crippen molar-refractivity contribution in [2.75, 3.05) is 17.2 Å². The summed E-state index contributed by atoms with van der Waals surface area (Å²) in [5, 5.41) is 15.2. The van der Waals surface area contributed by atoms with Gasteiger partial charge in [-0.25, -0.2) is 4.39 Å². The van der Waals surface area contributed by atoms with Gasteiger partial charge in [0.15, 0.2) is 0 Å². The number of aliphatic hydroxyl groups excluding tert-OH is 1. The Bertz CT molecular complexity index is 971. The number of hydrogen-bond donors (Lipinski definition) is 3. The minimum absolute atomic E-state index is 0.0568. The van der Waals surface area contributed by atoms with Crippen LogP contribution in [0.3, 0.4) is 0 Å². The van der Waals surface area contributed by atoms with Gasteiger partial charge in [-0.2, -0.15) is 0 Å². The summed E-state index contributed by atoms with van der Waals surface area (Å²) in [4.78, 5) is 27.6. The maximum atomic E-state index is 13.3. The third-order valence-electron chi connectivity index (χ3n) is 3.71. The normalized spacial score (nSPS) is 12.1. The number of pyridine rings is 1. The molecule has 1 aromatic heterocycles. The summed E-state index contributed by atoms with van der Waals surface area (Å²) in [6.07, 6.45) is 3.08. The van der Waals surface area contributed by atoms with Crippen LogP contribution >= 0.6 is 11.6 Å². The molecule has 0 aliphatic rings. The Hall–Kier alpha value is -2.77. The van der Waals surface area contributed by atoms with E-state index in [1.165, 1.54) is 30.6 Å². The van der Waals surface area contributed by atoms with Gasteiger partial charge in [0.25, 0.3) is 10.9 Å². The highest BCUT2D eigenvalue weighted by atomic mass is 35.5. The van der Waals surface area contributed by atoms with Crippen LogP contribution in [-0.2, 0) is 0 Å². The van der Waals surface area contributed by atoms with E-state index >= 15 is 0 Å². The second kappa shape index (κ2) is 7.00. The fourth-order valence-corrected chi connectivity index (χ4v) is 2.55. The van der Waals surface area contributed by atoms with Gasteiger partial charge < -0.3 is 15.7 Å². The number of anilines is 3. The number of aromatic nitrogens is 1. The van der Waals surface area contributed by atoms with E-state index in [0.717, 1.165) is 0 Å². The van der Waals surface area contributed by atoms with Crippen LogP contribution in [0.4, 0.5) is 21.5 Å². The van der Waals surface area contributed by atoms with E-state index in [4.69, 9.17) is 11.6 Å². The fourth-order valence-electron chi connectivity index (χ4n) is 2.37. The van der Waals surface area contributed by atoms with Gasteiger partial charge in [-0.1, -0.05) is 17.7 Å². The van der Waals surface area contributed by atoms with Gasteiger partial charge >= 0.3 is 0 Å². The molecule has 0 saturated carbocycles. The summed E-state index contributed by atoms with van der Waals surface area (Å²) < 4.78 is 13.3. The molecular formula is C17H13ClFN3O3. The number of benzene rings is 1. The highest BCUT2D eigenvalue weighted by molar-refractivity contribution is 6.30. The molecule has 3 rings (SSSR count). The number of nitrogens with zero attached hydrogens (tertiary/aromatic N) is 1. The highest BCUT2D eigenvalue weighted by Gasteiger charge is 2.24. The van der Waals surface area contributed by atoms with Crippen molar-refractivity contribution in [3.63, 3.8) is 0 Å². The molecule has 1 unspecified atom stereocenters. The molecule has 6 nitrogen and oxygen atoms in total. The molecular weight excluding hydrogens is 349 g/mol. The Morgan fingerprint density at radius 1 is 1.12 bits per heavy atom. The zero-order valence-electron chi connectivity index (χ0n) is 12.8. The summed E-state index contributed by atoms with van der Waals surface area (Å²) in [7, 11) is 0. The average Bonchev–Trinajstić information content (AvgIpc) is 2.64. The Morgan fingerprint density at radius 2 is 1.80 bits per heavy atom. The standard InChI is InChI=1S/C17H13ClFN3O3/c18-11-7-9(1-2-12(11)19)13(8-23)22-15-14(16(24)17(15)25)21-10-3-5-20-6-4-10/h1-7,13,22-23H,8H2,(H,20,21). The van der Waals surface area contributed by atoms with Crippen LogP contribution in [0.25, 0.3) is 0 Å². The van der Waals surface area contributed by atoms with E-state index in [1.54, 1.807) is 12.1 Å². The molecule has 25 heavy (non-hydrogen) atoms. The predicted molar refractivity (Wildman–Crippen MR) is 93.7 cm³/mol. The van der Waals surface area contributed by atoms with Gasteiger partial charge in [0.05, 0.1) is 17.7 Å². The summed E-state index contributed by atoms with van der Waals surface area (Å²) >= 11 is 5.75. The molecule has 0 amide bonds. The first-order valence-corrected chi connectivity index (χ1v) is 7.71. The number of hydrogen-bond acceptors (Lipinski definition) is 6. The second-order valence-electron chi connectivity index (χ2n) is 5.32. The summed E-state index contributed by atoms with van der Waals surface area (Å²) in [5.41, 5.74) is -0.118. The topological polar surface area (TPSA) is 91.3 Å². The second-order valence-corrected chi connectivity index (χ2v) is 5.73. The maximum Gasteiger partial charge on any atom is 0.253 e. The lowest BCUT2D eigenvalue weighted by Crippen LogP contribution is -2.38. The predicted octanol–water partition coefficient (Wildman–Crippen LogP) is 2.36. The van der Waals surface area contributed by atoms with Gasteiger partial charge in [-0.15, -0.1) is 0 Å². The zero-order valence-corrected chi connectivity index (χ0v) is 13.5. The first-order valence-electron chi connectivity index (χ1n) is 7.34. The lowest BCUT2D eigenvalue weighted by Gasteiger charge is -2.21. The van der Waals surface area contributed by atoms with Crippen LogP contribution in [0.1, 0.15) is 11.6 Å². The Morgan fingerprint density at radius 3 is 2.44 bits per heavy atom. The van der Waals surface area contributed by atoms with Crippen molar-refractivity contribution in [2.24, 2.45) is 0 Å². The molecule has 8 heteroatoms. The number of rotatable bonds is 6. The van der Waals surface area contributed by atoms with Gasteiger partial charge in [-0.05, 0) is 29.8 Å². The first kappa shape index (κ1) is 17.1. The SMILES string of the molecule is O=c1c(Nc2ccncc2)c(NC(CO)c2ccc(F)c(Cl)c2)c1=O. The molecule has 0 saturated heterocycles. The van der Waals surface area contributed by atoms with Gasteiger partial charge in [-0.3, -0.25) is 14.6 Å². The molecule has 1 heterocycles. The number of halogens is 2. The lowest BCUT2D eigenvalue weighted by atomic mass is 10.1. The molecule has 128 valence electrons. The molecule has 3 aromatic rings. The molecule has 0 aliphatic heterocycles. The van der Waals surface area contributed by atoms with Crippen LogP contribution in [0.15, 0.2) is 52.3 Å². The van der Waals surface area contributed by atoms with Crippen molar-refractivity contribution in [2.45, 2.75) is 6.04 Å². The third-order valence-corrected chi connectivity index (χ3v) is 4.00. The van der Waals surface area contributed by atoms with E-state index in [2.05, 4.69) is 15.6 Å². The zero-order chi connectivity index (χ0) is 18.0. The number of nitrogens with one attached hydrogen (secondary N) is 2. The highest BCUT2D eigenvalue weighted by Crippen LogP contribution is 2.27. The van der Waals surface area contributed by atoms with Gasteiger partial charge in [0, 0.05) is 18.1 Å². The summed E-state index contributed by atoms with van der Waals surface area (Å²) in [6.45, 7) is -0.379. The van der Waals surface area contributed by atoms with Gasteiger partial charge in [0.1, 0.15) is 17.2 Å². The summed E-state index contributed by atoms with van der Waals surface area (Å²) in [6, 6.07) is 6.52. The van der Waals surface area contributed by atoms with E-state index in [9.17, 15) is 19.1 Å². The van der Waals surface area contributed by atoms with E-state index in [0.29, 0.717) is 11.3 Å². The Labute approximate surface area is 146 Å². The van der Waals surface area contributed by atoms with Crippen molar-refractivity contribution in [3.8, 4) is 0 Å². The van der Waals surface area contributed by atoms with Gasteiger partial charge in [0.2, 0.25) is 0 Å². The average molecular weight is 362 g/mol. The van der Waals surface area contributed by atoms with E-state index < -0.39 is 22.7 Å². The molecule has 2 aromatic carbocycles. The van der Waals surface area contributed by atoms with Crippen molar-refractivity contribution in [1.29, 1.82) is 0 Å². The molecule has 0 radical (unpaired) electrons. The maximum absolute atomic E-state index is 13.3. The molecule has 0 spiro atoms. The smallest absolute Gasteiger partial charge is 0.253 e. The molecule has 0 bridgehead atoms. The molecule has 0 aliphatic carbocycles. The van der Waals surface area contributed by atoms with Crippen LogP contribution in [0.2, 0.25) is 5.02 Å². The van der Waals surface area contributed by atoms with Crippen molar-refractivity contribution >= 4 is 28.7 Å². The van der Waals surface area contributed by atoms with Crippen LogP contribution in [0.5, 0.6) is 0 Å². The van der Waals surface area contributed by atoms with Crippen molar-refractivity contribution in [3.05, 3.63) is 79.6 Å². The van der Waals surface area contributed by atoms with Crippen LogP contribution < -0.4 is 21.5 Å².